The van der Waals surface area contributed by atoms with E-state index in [2.05, 4.69) is 10.3 Å². The van der Waals surface area contributed by atoms with Gasteiger partial charge in [0.2, 0.25) is 15.0 Å². The van der Waals surface area contributed by atoms with Gasteiger partial charge >= 0.3 is 6.03 Å². The number of amides is 2. The topological polar surface area (TPSA) is 84.3 Å². The fourth-order valence-corrected chi connectivity index (χ4v) is 5.36. The fourth-order valence-electron chi connectivity index (χ4n) is 3.57. The van der Waals surface area contributed by atoms with Crippen LogP contribution in [-0.4, -0.2) is 34.9 Å². The zero-order chi connectivity index (χ0) is 25.0. The number of aromatic nitrogens is 2. The third-order valence-electron chi connectivity index (χ3n) is 5.20. The zero-order valence-corrected chi connectivity index (χ0v) is 21.1. The Hall–Kier alpha value is -2.91. The van der Waals surface area contributed by atoms with Crippen LogP contribution in [-0.2, 0) is 22.1 Å². The summed E-state index contributed by atoms with van der Waals surface area (Å²) in [4.78, 5) is 18.8. The average Bonchev–Trinajstić information content (AvgIpc) is 3.18. The van der Waals surface area contributed by atoms with Gasteiger partial charge in [0.25, 0.3) is 0 Å². The summed E-state index contributed by atoms with van der Waals surface area (Å²) >= 11 is 6.02. The molecule has 0 radical (unpaired) electrons. The molecule has 1 aromatic heterocycles. The Morgan fingerprint density at radius 2 is 1.82 bits per heavy atom. The highest BCUT2D eigenvalue weighted by Gasteiger charge is 2.27. The van der Waals surface area contributed by atoms with Crippen LogP contribution in [0.4, 0.5) is 14.9 Å². The van der Waals surface area contributed by atoms with Gasteiger partial charge in [0.05, 0.1) is 24.2 Å². The second-order valence-corrected chi connectivity index (χ2v) is 10.9. The summed E-state index contributed by atoms with van der Waals surface area (Å²) in [6.07, 6.45) is 1.49. The SMILES string of the molecule is CC(C)N(Cc1cnc(S(=O)(=O)Cc2ccc(F)cc2)n1C(C)C)C(=O)Nc1cccc(Cl)c1. The number of imidazole rings is 1. The smallest absolute Gasteiger partial charge is 0.316 e. The summed E-state index contributed by atoms with van der Waals surface area (Å²) in [7, 11) is -3.81. The number of nitrogens with one attached hydrogen (secondary N) is 1. The van der Waals surface area contributed by atoms with E-state index in [9.17, 15) is 17.6 Å². The van der Waals surface area contributed by atoms with E-state index < -0.39 is 15.7 Å². The fraction of sp³-hybridized carbons (Fsp3) is 0.333. The molecule has 10 heteroatoms. The normalized spacial score (nSPS) is 11.8. The number of nitrogens with zero attached hydrogens (tertiary/aromatic N) is 3. The van der Waals surface area contributed by atoms with Crippen LogP contribution < -0.4 is 5.32 Å². The van der Waals surface area contributed by atoms with Crippen LogP contribution in [0.15, 0.2) is 59.9 Å². The number of sulfone groups is 1. The Kier molecular flexibility index (Phi) is 7.99. The summed E-state index contributed by atoms with van der Waals surface area (Å²) in [5, 5.41) is 3.25. The highest BCUT2D eigenvalue weighted by Crippen LogP contribution is 2.24. The Labute approximate surface area is 204 Å². The van der Waals surface area contributed by atoms with E-state index in [1.165, 1.54) is 30.5 Å². The van der Waals surface area contributed by atoms with Crippen molar-refractivity contribution in [3.63, 3.8) is 0 Å². The molecule has 7 nitrogen and oxygen atoms in total. The number of rotatable bonds is 8. The predicted octanol–water partition coefficient (Wildman–Crippen LogP) is 5.67. The molecule has 34 heavy (non-hydrogen) atoms. The highest BCUT2D eigenvalue weighted by atomic mass is 35.5. The number of carbonyl (C=O) groups is 1. The lowest BCUT2D eigenvalue weighted by atomic mass is 10.2. The lowest BCUT2D eigenvalue weighted by Gasteiger charge is -2.28. The van der Waals surface area contributed by atoms with Crippen molar-refractivity contribution in [2.24, 2.45) is 0 Å². The van der Waals surface area contributed by atoms with Crippen molar-refractivity contribution in [3.05, 3.63) is 76.8 Å². The molecule has 1 heterocycles. The van der Waals surface area contributed by atoms with Gasteiger partial charge in [-0.1, -0.05) is 29.8 Å². The molecule has 3 aromatic rings. The first kappa shape index (κ1) is 25.7. The third kappa shape index (κ3) is 6.15. The van der Waals surface area contributed by atoms with E-state index in [-0.39, 0.29) is 35.6 Å². The summed E-state index contributed by atoms with van der Waals surface area (Å²) in [5.41, 5.74) is 1.61. The monoisotopic (exact) mass is 506 g/mol. The molecule has 0 saturated carbocycles. The van der Waals surface area contributed by atoms with Crippen molar-refractivity contribution in [1.82, 2.24) is 14.5 Å². The number of carbonyl (C=O) groups excluding carboxylic acids is 1. The number of urea groups is 1. The quantitative estimate of drug-likeness (QED) is 0.426. The summed E-state index contributed by atoms with van der Waals surface area (Å²) in [6.45, 7) is 7.61. The average molecular weight is 507 g/mol. The van der Waals surface area contributed by atoms with Gasteiger partial charge in [0, 0.05) is 22.8 Å². The minimum atomic E-state index is -3.81. The summed E-state index contributed by atoms with van der Waals surface area (Å²) in [6, 6.07) is 11.4. The van der Waals surface area contributed by atoms with Crippen molar-refractivity contribution in [3.8, 4) is 0 Å². The molecule has 2 aromatic carbocycles. The van der Waals surface area contributed by atoms with Crippen LogP contribution in [0.3, 0.4) is 0 Å². The molecule has 0 atom stereocenters. The lowest BCUT2D eigenvalue weighted by Crippen LogP contribution is -2.40. The Bertz CT molecular complexity index is 1260. The van der Waals surface area contributed by atoms with E-state index in [0.29, 0.717) is 22.0 Å². The molecule has 1 N–H and O–H groups in total. The van der Waals surface area contributed by atoms with Crippen LogP contribution in [0.25, 0.3) is 0 Å². The van der Waals surface area contributed by atoms with Gasteiger partial charge in [-0.15, -0.1) is 0 Å². The van der Waals surface area contributed by atoms with Gasteiger partial charge < -0.3 is 14.8 Å². The maximum atomic E-state index is 13.2. The number of anilines is 1. The molecule has 0 aliphatic carbocycles. The summed E-state index contributed by atoms with van der Waals surface area (Å²) < 4.78 is 41.2. The Morgan fingerprint density at radius 3 is 2.41 bits per heavy atom. The predicted molar refractivity (Wildman–Crippen MR) is 131 cm³/mol. The van der Waals surface area contributed by atoms with E-state index in [4.69, 9.17) is 11.6 Å². The molecule has 0 spiro atoms. The van der Waals surface area contributed by atoms with Crippen LogP contribution in [0, 0.1) is 5.82 Å². The first-order chi connectivity index (χ1) is 16.0. The van der Waals surface area contributed by atoms with Gasteiger partial charge in [-0.3, -0.25) is 0 Å². The second-order valence-electron chi connectivity index (χ2n) is 8.54. The third-order valence-corrected chi connectivity index (χ3v) is 7.00. The van der Waals surface area contributed by atoms with Crippen molar-refractivity contribution in [2.75, 3.05) is 5.32 Å². The Morgan fingerprint density at radius 1 is 1.15 bits per heavy atom. The number of hydrogen-bond donors (Lipinski definition) is 1. The van der Waals surface area contributed by atoms with Gasteiger partial charge in [0.15, 0.2) is 0 Å². The second kappa shape index (κ2) is 10.6. The van der Waals surface area contributed by atoms with Crippen molar-refractivity contribution >= 4 is 33.2 Å². The van der Waals surface area contributed by atoms with Gasteiger partial charge in [-0.25, -0.2) is 22.6 Å². The molecule has 0 saturated heterocycles. The van der Waals surface area contributed by atoms with Crippen molar-refractivity contribution in [2.45, 2.75) is 57.2 Å². The molecule has 0 aliphatic heterocycles. The van der Waals surface area contributed by atoms with E-state index in [0.717, 1.165) is 0 Å². The molecule has 0 aliphatic rings. The molecule has 2 amide bonds. The van der Waals surface area contributed by atoms with Gasteiger partial charge in [-0.2, -0.15) is 0 Å². The zero-order valence-electron chi connectivity index (χ0n) is 19.5. The van der Waals surface area contributed by atoms with Crippen molar-refractivity contribution in [1.29, 1.82) is 0 Å². The van der Waals surface area contributed by atoms with E-state index >= 15 is 0 Å². The molecular formula is C24H28ClFN4O3S. The van der Waals surface area contributed by atoms with Crippen LogP contribution in [0.5, 0.6) is 0 Å². The number of hydrogen-bond acceptors (Lipinski definition) is 4. The first-order valence-electron chi connectivity index (χ1n) is 10.8. The molecule has 182 valence electrons. The summed E-state index contributed by atoms with van der Waals surface area (Å²) in [5.74, 6) is -0.739. The Balaban J connectivity index is 1.88. The highest BCUT2D eigenvalue weighted by molar-refractivity contribution is 7.90. The molecule has 3 rings (SSSR count). The lowest BCUT2D eigenvalue weighted by molar-refractivity contribution is 0.191. The molecule has 0 bridgehead atoms. The maximum absolute atomic E-state index is 13.2. The molecule has 0 fully saturated rings. The standard InChI is InChI=1S/C24H28ClFN4O3S/c1-16(2)29(23(31)28-21-7-5-6-19(25)12-21)14-22-13-27-24(30(22)17(3)4)34(32,33)15-18-8-10-20(26)11-9-18/h5-13,16-17H,14-15H2,1-4H3,(H,28,31). The van der Waals surface area contributed by atoms with Gasteiger partial charge in [0.1, 0.15) is 5.82 Å². The van der Waals surface area contributed by atoms with Crippen molar-refractivity contribution < 1.29 is 17.6 Å². The maximum Gasteiger partial charge on any atom is 0.322 e. The molecule has 0 unspecified atom stereocenters. The number of benzene rings is 2. The van der Waals surface area contributed by atoms with E-state index in [1.807, 2.05) is 27.7 Å². The first-order valence-corrected chi connectivity index (χ1v) is 12.9. The van der Waals surface area contributed by atoms with Crippen LogP contribution in [0.1, 0.15) is 45.0 Å². The number of halogens is 2. The van der Waals surface area contributed by atoms with Gasteiger partial charge in [-0.05, 0) is 63.6 Å². The minimum Gasteiger partial charge on any atom is -0.316 e. The molecular weight excluding hydrogens is 479 g/mol. The van der Waals surface area contributed by atoms with E-state index in [1.54, 1.807) is 33.7 Å². The largest absolute Gasteiger partial charge is 0.322 e. The minimum absolute atomic E-state index is 0.0826. The van der Waals surface area contributed by atoms with Crippen LogP contribution >= 0.6 is 11.6 Å². The van der Waals surface area contributed by atoms with Crippen LogP contribution in [0.2, 0.25) is 5.02 Å².